The Balaban J connectivity index is 1.08. The van der Waals surface area contributed by atoms with Crippen molar-refractivity contribution in [2.75, 3.05) is 65.6 Å². The molecule has 292 valence electrons. The van der Waals surface area contributed by atoms with E-state index in [0.717, 1.165) is 80.9 Å². The van der Waals surface area contributed by atoms with Gasteiger partial charge in [-0.3, -0.25) is 14.8 Å². The summed E-state index contributed by atoms with van der Waals surface area (Å²) in [4.78, 5) is 36.4. The van der Waals surface area contributed by atoms with Crippen LogP contribution in [0.15, 0.2) is 78.0 Å². The first kappa shape index (κ1) is 40.7. The van der Waals surface area contributed by atoms with E-state index in [-0.39, 0.29) is 42.1 Å². The van der Waals surface area contributed by atoms with E-state index < -0.39 is 0 Å². The number of hydrogen-bond donors (Lipinski definition) is 3. The second-order valence-electron chi connectivity index (χ2n) is 14.2. The van der Waals surface area contributed by atoms with Crippen LogP contribution in [-0.4, -0.2) is 99.5 Å². The van der Waals surface area contributed by atoms with Crippen molar-refractivity contribution in [2.45, 2.75) is 82.5 Å². The number of benzene rings is 2. The number of piperidine rings is 1. The molecule has 1 fully saturated rings. The van der Waals surface area contributed by atoms with Crippen LogP contribution in [0.2, 0.25) is 0 Å². The first-order valence-corrected chi connectivity index (χ1v) is 19.4. The number of unbranched alkanes of at least 4 members (excludes halogenated alkanes) is 2. The van der Waals surface area contributed by atoms with E-state index in [1.54, 1.807) is 0 Å². The minimum Gasteiger partial charge on any atom is -0.494 e. The number of nitrogens with one attached hydrogen (secondary N) is 3. The van der Waals surface area contributed by atoms with E-state index in [1.165, 1.54) is 12.7 Å². The van der Waals surface area contributed by atoms with Gasteiger partial charge < -0.3 is 39.8 Å². The first-order valence-electron chi connectivity index (χ1n) is 19.4. The summed E-state index contributed by atoms with van der Waals surface area (Å²) in [5.74, 6) is 1.31. The highest BCUT2D eigenvalue weighted by molar-refractivity contribution is 5.98. The van der Waals surface area contributed by atoms with Crippen LogP contribution in [-0.2, 0) is 19.0 Å². The van der Waals surface area contributed by atoms with Crippen molar-refractivity contribution >= 4 is 23.4 Å². The number of carbonyl (C=O) groups excluding carboxylic acids is 2. The summed E-state index contributed by atoms with van der Waals surface area (Å²) in [5, 5.41) is 10.8. The SMILES string of the molecule is CCC1NC(C2(Nc3cccc(C(=O)N[C@H](C)c4ccc(OCCCCCOCCCOCC(=O)OC)cc4)c3)CCN(C)CC2)=NC1c1ccncc1. The second kappa shape index (κ2) is 20.8. The minimum absolute atomic E-state index is 0.0211. The quantitative estimate of drug-likeness (QED) is 0.0866. The van der Waals surface area contributed by atoms with Crippen LogP contribution in [0, 0.1) is 0 Å². The third kappa shape index (κ3) is 11.7. The van der Waals surface area contributed by atoms with Gasteiger partial charge in [0, 0.05) is 56.6 Å². The molecule has 1 amide bonds. The molecule has 54 heavy (non-hydrogen) atoms. The largest absolute Gasteiger partial charge is 0.494 e. The lowest BCUT2D eigenvalue weighted by molar-refractivity contribution is -0.146. The maximum atomic E-state index is 13.5. The van der Waals surface area contributed by atoms with Crippen molar-refractivity contribution in [3.8, 4) is 5.75 Å². The van der Waals surface area contributed by atoms with Crippen molar-refractivity contribution in [1.29, 1.82) is 0 Å². The molecule has 5 rings (SSSR count). The fraction of sp³-hybridized carbons (Fsp3) is 0.524. The van der Waals surface area contributed by atoms with Crippen LogP contribution in [0.5, 0.6) is 5.75 Å². The highest BCUT2D eigenvalue weighted by atomic mass is 16.6. The van der Waals surface area contributed by atoms with E-state index in [1.807, 2.05) is 67.8 Å². The highest BCUT2D eigenvalue weighted by Gasteiger charge is 2.44. The fourth-order valence-corrected chi connectivity index (χ4v) is 6.88. The topological polar surface area (TPSA) is 136 Å². The Morgan fingerprint density at radius 2 is 1.67 bits per heavy atom. The summed E-state index contributed by atoms with van der Waals surface area (Å²) in [7, 11) is 3.51. The van der Waals surface area contributed by atoms with Crippen molar-refractivity contribution in [3.63, 3.8) is 0 Å². The molecule has 2 aliphatic rings. The zero-order chi connectivity index (χ0) is 38.2. The number of anilines is 1. The molecule has 3 N–H and O–H groups in total. The number of rotatable bonds is 21. The predicted octanol–water partition coefficient (Wildman–Crippen LogP) is 6.12. The third-order valence-electron chi connectivity index (χ3n) is 10.2. The maximum absolute atomic E-state index is 13.5. The van der Waals surface area contributed by atoms with E-state index >= 15 is 0 Å². The Morgan fingerprint density at radius 3 is 2.41 bits per heavy atom. The number of nitrogens with zero attached hydrogens (tertiary/aromatic N) is 3. The van der Waals surface area contributed by atoms with E-state index in [4.69, 9.17) is 19.2 Å². The Hall–Kier alpha value is -4.52. The van der Waals surface area contributed by atoms with Crippen LogP contribution in [0.25, 0.3) is 0 Å². The standard InChI is InChI=1S/C42H58N6O6/c1-5-37-39(33-17-21-43-22-18-33)46-41(45-37)42(19-23-48(3)24-20-42)47-35-12-9-11-34(29-35)40(50)44-31(2)32-13-15-36(16-14-32)54-28-8-6-7-25-52-26-10-27-53-30-38(49)51-4/h9,11-18,21-22,29,31,37,39,47H,5-8,10,19-20,23-28,30H2,1-4H3,(H,44,50)(H,45,46)/t31-,37?,39?/m1/s1. The van der Waals surface area contributed by atoms with Crippen LogP contribution >= 0.6 is 0 Å². The van der Waals surface area contributed by atoms with Crippen LogP contribution in [0.3, 0.4) is 0 Å². The van der Waals surface area contributed by atoms with Gasteiger partial charge in [-0.15, -0.1) is 0 Å². The summed E-state index contributed by atoms with van der Waals surface area (Å²) in [5.41, 5.74) is 3.31. The lowest BCUT2D eigenvalue weighted by Gasteiger charge is -2.42. The summed E-state index contributed by atoms with van der Waals surface area (Å²) in [6, 6.07) is 19.9. The Kier molecular flexibility index (Phi) is 15.7. The molecule has 0 aliphatic carbocycles. The molecule has 12 heteroatoms. The molecule has 0 radical (unpaired) electrons. The van der Waals surface area contributed by atoms with Gasteiger partial charge in [0.05, 0.1) is 37.4 Å². The normalized spacial score (nSPS) is 18.6. The van der Waals surface area contributed by atoms with Gasteiger partial charge in [0.1, 0.15) is 18.2 Å². The number of carbonyl (C=O) groups is 2. The van der Waals surface area contributed by atoms with E-state index in [2.05, 4.69) is 56.7 Å². The van der Waals surface area contributed by atoms with Gasteiger partial charge in [-0.2, -0.15) is 0 Å². The molecule has 0 bridgehead atoms. The summed E-state index contributed by atoms with van der Waals surface area (Å²) in [6.45, 7) is 8.46. The Bertz CT molecular complexity index is 1630. The van der Waals surface area contributed by atoms with Crippen molar-refractivity contribution in [3.05, 3.63) is 89.7 Å². The summed E-state index contributed by atoms with van der Waals surface area (Å²) in [6.07, 6.45) is 10.1. The van der Waals surface area contributed by atoms with Crippen molar-refractivity contribution in [2.24, 2.45) is 4.99 Å². The lowest BCUT2D eigenvalue weighted by Crippen LogP contribution is -2.57. The zero-order valence-corrected chi connectivity index (χ0v) is 32.4. The molecule has 2 aromatic carbocycles. The lowest BCUT2D eigenvalue weighted by atomic mass is 9.85. The third-order valence-corrected chi connectivity index (χ3v) is 10.2. The number of aromatic nitrogens is 1. The molecule has 2 unspecified atom stereocenters. The number of likely N-dealkylation sites (tertiary alicyclic amines) is 1. The molecule has 3 atom stereocenters. The summed E-state index contributed by atoms with van der Waals surface area (Å²) >= 11 is 0. The molecular weight excluding hydrogens is 684 g/mol. The molecule has 12 nitrogen and oxygen atoms in total. The number of hydrogen-bond acceptors (Lipinski definition) is 11. The van der Waals surface area contributed by atoms with Gasteiger partial charge in [0.2, 0.25) is 0 Å². The van der Waals surface area contributed by atoms with Crippen molar-refractivity contribution in [1.82, 2.24) is 20.5 Å². The Labute approximate surface area is 320 Å². The minimum atomic E-state index is -0.370. The predicted molar refractivity (Wildman–Crippen MR) is 211 cm³/mol. The van der Waals surface area contributed by atoms with E-state index in [0.29, 0.717) is 32.0 Å². The van der Waals surface area contributed by atoms with Gasteiger partial charge in [-0.25, -0.2) is 4.79 Å². The van der Waals surface area contributed by atoms with Crippen LogP contribution in [0.1, 0.15) is 92.4 Å². The molecular formula is C42H58N6O6. The molecule has 2 aliphatic heterocycles. The number of esters is 1. The average Bonchev–Trinajstić information content (AvgIpc) is 3.65. The second-order valence-corrected chi connectivity index (χ2v) is 14.2. The smallest absolute Gasteiger partial charge is 0.331 e. The number of amidine groups is 1. The summed E-state index contributed by atoms with van der Waals surface area (Å²) < 4.78 is 21.3. The number of amides is 1. The monoisotopic (exact) mass is 742 g/mol. The van der Waals surface area contributed by atoms with Crippen LogP contribution < -0.4 is 20.7 Å². The van der Waals surface area contributed by atoms with Crippen LogP contribution in [0.4, 0.5) is 5.69 Å². The average molecular weight is 743 g/mol. The van der Waals surface area contributed by atoms with E-state index in [9.17, 15) is 9.59 Å². The zero-order valence-electron chi connectivity index (χ0n) is 32.4. The fourth-order valence-electron chi connectivity index (χ4n) is 6.88. The number of methoxy groups -OCH3 is 1. The molecule has 3 aromatic rings. The van der Waals surface area contributed by atoms with Gasteiger partial charge in [-0.1, -0.05) is 25.1 Å². The van der Waals surface area contributed by atoms with Gasteiger partial charge in [0.25, 0.3) is 5.91 Å². The van der Waals surface area contributed by atoms with Gasteiger partial charge >= 0.3 is 5.97 Å². The molecule has 1 saturated heterocycles. The molecule has 0 spiro atoms. The van der Waals surface area contributed by atoms with Gasteiger partial charge in [0.15, 0.2) is 0 Å². The first-order chi connectivity index (χ1) is 26.3. The molecule has 0 saturated carbocycles. The van der Waals surface area contributed by atoms with Gasteiger partial charge in [-0.05, 0) is 113 Å². The number of ether oxygens (including phenoxy) is 4. The molecule has 3 heterocycles. The number of aliphatic imine (C=N–C) groups is 1. The molecule has 1 aromatic heterocycles. The maximum Gasteiger partial charge on any atom is 0.331 e. The van der Waals surface area contributed by atoms with Crippen molar-refractivity contribution < 1.29 is 28.5 Å². The Morgan fingerprint density at radius 1 is 0.944 bits per heavy atom. The number of pyridine rings is 1. The highest BCUT2D eigenvalue weighted by Crippen LogP contribution is 2.35.